The molecule has 0 aromatic rings. The van der Waals surface area contributed by atoms with E-state index in [2.05, 4.69) is 19.9 Å². The van der Waals surface area contributed by atoms with Crippen molar-refractivity contribution in [1.29, 1.82) is 0 Å². The predicted octanol–water partition coefficient (Wildman–Crippen LogP) is 2.62. The van der Waals surface area contributed by atoms with E-state index in [0.29, 0.717) is 5.41 Å². The zero-order chi connectivity index (χ0) is 10.2. The smallest absolute Gasteiger partial charge is 0.124 e. The Kier molecular flexibility index (Phi) is 2.34. The van der Waals surface area contributed by atoms with Gasteiger partial charge in [-0.25, -0.2) is 0 Å². The van der Waals surface area contributed by atoms with Crippen LogP contribution >= 0.6 is 0 Å². The van der Waals surface area contributed by atoms with Crippen LogP contribution in [0.3, 0.4) is 0 Å². The van der Waals surface area contributed by atoms with Crippen LogP contribution in [-0.2, 0) is 4.74 Å². The molecule has 1 heterocycles. The lowest BCUT2D eigenvalue weighted by Gasteiger charge is -2.40. The molecule has 2 nitrogen and oxygen atoms in total. The first-order valence-electron chi connectivity index (χ1n) is 5.58. The van der Waals surface area contributed by atoms with E-state index in [4.69, 9.17) is 4.74 Å². The highest BCUT2D eigenvalue weighted by Gasteiger charge is 2.41. The van der Waals surface area contributed by atoms with Gasteiger partial charge in [-0.1, -0.05) is 13.8 Å². The van der Waals surface area contributed by atoms with E-state index in [9.17, 15) is 5.11 Å². The quantitative estimate of drug-likeness (QED) is 0.698. The Labute approximate surface area is 86.0 Å². The molecule has 0 saturated heterocycles. The summed E-state index contributed by atoms with van der Waals surface area (Å²) in [6.45, 7) is 5.30. The average molecular weight is 196 g/mol. The van der Waals surface area contributed by atoms with Gasteiger partial charge in [0.2, 0.25) is 0 Å². The maximum Gasteiger partial charge on any atom is 0.124 e. The van der Waals surface area contributed by atoms with Crippen molar-refractivity contribution < 1.29 is 9.84 Å². The number of rotatable bonds is 1. The van der Waals surface area contributed by atoms with E-state index in [1.165, 1.54) is 0 Å². The summed E-state index contributed by atoms with van der Waals surface area (Å²) >= 11 is 0. The van der Waals surface area contributed by atoms with Gasteiger partial charge in [-0.2, -0.15) is 0 Å². The molecule has 80 valence electrons. The van der Waals surface area contributed by atoms with Gasteiger partial charge >= 0.3 is 0 Å². The Morgan fingerprint density at radius 2 is 1.86 bits per heavy atom. The topological polar surface area (TPSA) is 29.5 Å². The molecule has 0 radical (unpaired) electrons. The van der Waals surface area contributed by atoms with Crippen molar-refractivity contribution in [3.8, 4) is 0 Å². The van der Waals surface area contributed by atoms with Crippen LogP contribution in [-0.4, -0.2) is 17.3 Å². The van der Waals surface area contributed by atoms with Gasteiger partial charge < -0.3 is 9.84 Å². The van der Waals surface area contributed by atoms with E-state index in [0.717, 1.165) is 44.5 Å². The second kappa shape index (κ2) is 3.27. The highest BCUT2D eigenvalue weighted by atomic mass is 16.5. The lowest BCUT2D eigenvalue weighted by atomic mass is 9.70. The van der Waals surface area contributed by atoms with Gasteiger partial charge in [0.05, 0.1) is 6.61 Å². The Balaban J connectivity index is 2.05. The van der Waals surface area contributed by atoms with E-state index in [1.807, 2.05) is 0 Å². The molecule has 1 saturated carbocycles. The molecule has 0 aromatic carbocycles. The molecule has 1 aliphatic carbocycles. The van der Waals surface area contributed by atoms with Gasteiger partial charge in [-0.15, -0.1) is 0 Å². The van der Waals surface area contributed by atoms with Gasteiger partial charge in [0.1, 0.15) is 11.4 Å². The van der Waals surface area contributed by atoms with Crippen molar-refractivity contribution in [2.75, 3.05) is 6.61 Å². The molecule has 0 amide bonds. The van der Waals surface area contributed by atoms with Crippen molar-refractivity contribution in [3.05, 3.63) is 11.8 Å². The largest absolute Gasteiger partial charge is 0.495 e. The molecule has 0 aromatic heterocycles. The molecule has 14 heavy (non-hydrogen) atoms. The van der Waals surface area contributed by atoms with Crippen molar-refractivity contribution in [3.63, 3.8) is 0 Å². The fourth-order valence-electron chi connectivity index (χ4n) is 2.33. The fraction of sp³-hybridized carbons (Fsp3) is 0.833. The van der Waals surface area contributed by atoms with Crippen LogP contribution in [0.25, 0.3) is 0 Å². The first-order valence-corrected chi connectivity index (χ1v) is 5.58. The molecule has 0 atom stereocenters. The van der Waals surface area contributed by atoms with Crippen molar-refractivity contribution in [2.45, 2.75) is 51.6 Å². The number of hydrogen-bond acceptors (Lipinski definition) is 2. The summed E-state index contributed by atoms with van der Waals surface area (Å²) in [5, 5.41) is 10.4. The summed E-state index contributed by atoms with van der Waals surface area (Å²) in [7, 11) is 0. The summed E-state index contributed by atoms with van der Waals surface area (Å²) in [5.74, 6) is 0.841. The summed E-state index contributed by atoms with van der Waals surface area (Å²) < 4.78 is 5.47. The van der Waals surface area contributed by atoms with E-state index in [1.54, 1.807) is 0 Å². The third-order valence-electron chi connectivity index (χ3n) is 3.59. The number of aliphatic hydroxyl groups is 1. The summed E-state index contributed by atoms with van der Waals surface area (Å²) in [4.78, 5) is 0. The van der Waals surface area contributed by atoms with Crippen LogP contribution in [0.5, 0.6) is 0 Å². The SMILES string of the molecule is CC1(C)CCC(O)(C2=CCCO2)CC1. The molecular formula is C12H20O2. The molecule has 2 heteroatoms. The Morgan fingerprint density at radius 3 is 2.36 bits per heavy atom. The summed E-state index contributed by atoms with van der Waals surface area (Å²) in [5.41, 5.74) is -0.253. The van der Waals surface area contributed by atoms with E-state index < -0.39 is 5.60 Å². The number of hydrogen-bond donors (Lipinski definition) is 1. The van der Waals surface area contributed by atoms with Crippen molar-refractivity contribution in [1.82, 2.24) is 0 Å². The Morgan fingerprint density at radius 1 is 1.21 bits per heavy atom. The number of ether oxygens (including phenoxy) is 1. The van der Waals surface area contributed by atoms with Crippen LogP contribution in [0, 0.1) is 5.41 Å². The molecule has 0 spiro atoms. The molecule has 2 rings (SSSR count). The van der Waals surface area contributed by atoms with Crippen LogP contribution in [0.15, 0.2) is 11.8 Å². The van der Waals surface area contributed by atoms with Gasteiger partial charge in [0, 0.05) is 6.42 Å². The lowest BCUT2D eigenvalue weighted by Crippen LogP contribution is -2.38. The molecule has 1 aliphatic heterocycles. The van der Waals surface area contributed by atoms with Gasteiger partial charge in [-0.3, -0.25) is 0 Å². The third kappa shape index (κ3) is 1.81. The third-order valence-corrected chi connectivity index (χ3v) is 3.59. The molecule has 0 unspecified atom stereocenters. The molecule has 2 aliphatic rings. The predicted molar refractivity (Wildman–Crippen MR) is 55.9 cm³/mol. The molecule has 1 N–H and O–H groups in total. The maximum atomic E-state index is 10.4. The van der Waals surface area contributed by atoms with Crippen molar-refractivity contribution in [2.24, 2.45) is 5.41 Å². The normalized spacial score (nSPS) is 29.5. The highest BCUT2D eigenvalue weighted by Crippen LogP contribution is 2.44. The summed E-state index contributed by atoms with van der Waals surface area (Å²) in [6.07, 6.45) is 6.89. The Hall–Kier alpha value is -0.500. The lowest BCUT2D eigenvalue weighted by molar-refractivity contribution is -0.0339. The van der Waals surface area contributed by atoms with E-state index >= 15 is 0 Å². The standard InChI is InChI=1S/C12H20O2/c1-11(2)5-7-12(13,8-6-11)10-4-3-9-14-10/h4,13H,3,5-9H2,1-2H3. The molecule has 1 fully saturated rings. The van der Waals surface area contributed by atoms with Crippen molar-refractivity contribution >= 4 is 0 Å². The monoisotopic (exact) mass is 196 g/mol. The highest BCUT2D eigenvalue weighted by molar-refractivity contribution is 5.14. The fourth-order valence-corrected chi connectivity index (χ4v) is 2.33. The second-order valence-electron chi connectivity index (χ2n) is 5.40. The van der Waals surface area contributed by atoms with Gasteiger partial charge in [0.25, 0.3) is 0 Å². The van der Waals surface area contributed by atoms with Crippen LogP contribution in [0.2, 0.25) is 0 Å². The van der Waals surface area contributed by atoms with Gasteiger partial charge in [0.15, 0.2) is 0 Å². The minimum atomic E-state index is -0.647. The first-order chi connectivity index (χ1) is 6.52. The minimum absolute atomic E-state index is 0.394. The van der Waals surface area contributed by atoms with Crippen LogP contribution in [0.4, 0.5) is 0 Å². The summed E-state index contributed by atoms with van der Waals surface area (Å²) in [6, 6.07) is 0. The minimum Gasteiger partial charge on any atom is -0.495 e. The zero-order valence-corrected chi connectivity index (χ0v) is 9.18. The van der Waals surface area contributed by atoms with Gasteiger partial charge in [-0.05, 0) is 37.2 Å². The Bertz CT molecular complexity index is 243. The van der Waals surface area contributed by atoms with Crippen LogP contribution in [0.1, 0.15) is 46.0 Å². The maximum absolute atomic E-state index is 10.4. The van der Waals surface area contributed by atoms with Crippen LogP contribution < -0.4 is 0 Å². The average Bonchev–Trinajstić information content (AvgIpc) is 2.64. The molecule has 0 bridgehead atoms. The van der Waals surface area contributed by atoms with E-state index in [-0.39, 0.29) is 0 Å². The first kappa shape index (κ1) is 10.0. The second-order valence-corrected chi connectivity index (χ2v) is 5.40. The molecular weight excluding hydrogens is 176 g/mol. The zero-order valence-electron chi connectivity index (χ0n) is 9.18.